The van der Waals surface area contributed by atoms with Gasteiger partial charge in [0.2, 0.25) is 0 Å². The summed E-state index contributed by atoms with van der Waals surface area (Å²) in [6.07, 6.45) is 2.60. The van der Waals surface area contributed by atoms with Gasteiger partial charge in [0, 0.05) is 6.20 Å². The second-order valence-electron chi connectivity index (χ2n) is 5.08. The fourth-order valence-corrected chi connectivity index (χ4v) is 1.99. The van der Waals surface area contributed by atoms with Crippen LogP contribution in [0.5, 0.6) is 0 Å². The molecule has 1 N–H and O–H groups in total. The van der Waals surface area contributed by atoms with E-state index in [1.54, 1.807) is 6.20 Å². The predicted octanol–water partition coefficient (Wildman–Crippen LogP) is 1.94. The van der Waals surface area contributed by atoms with Crippen LogP contribution >= 0.6 is 0 Å². The normalized spacial score (nSPS) is 23.2. The minimum atomic E-state index is -0.683. The highest BCUT2D eigenvalue weighted by atomic mass is 16.2. The average molecular weight is 245 g/mol. The number of pyridine rings is 1. The molecule has 0 aromatic carbocycles. The van der Waals surface area contributed by atoms with Crippen molar-refractivity contribution in [1.29, 1.82) is 0 Å². The molecule has 1 aliphatic heterocycles. The Morgan fingerprint density at radius 1 is 1.44 bits per heavy atom. The molecular formula is C14H19N3O. The van der Waals surface area contributed by atoms with Crippen molar-refractivity contribution < 1.29 is 4.79 Å². The van der Waals surface area contributed by atoms with Gasteiger partial charge in [-0.1, -0.05) is 26.8 Å². The molecule has 0 bridgehead atoms. The largest absolute Gasteiger partial charge is 0.307 e. The molecule has 0 spiro atoms. The fourth-order valence-electron chi connectivity index (χ4n) is 1.99. The lowest BCUT2D eigenvalue weighted by molar-refractivity contribution is -0.124. The van der Waals surface area contributed by atoms with Crippen molar-refractivity contribution in [1.82, 2.24) is 10.3 Å². The van der Waals surface area contributed by atoms with Gasteiger partial charge < -0.3 is 5.32 Å². The van der Waals surface area contributed by atoms with Crippen molar-refractivity contribution in [2.45, 2.75) is 39.7 Å². The van der Waals surface area contributed by atoms with Crippen LogP contribution in [0.3, 0.4) is 0 Å². The number of hydrogen-bond donors (Lipinski definition) is 1. The quantitative estimate of drug-likeness (QED) is 0.884. The molecule has 0 radical (unpaired) electrons. The van der Waals surface area contributed by atoms with Gasteiger partial charge in [-0.25, -0.2) is 4.99 Å². The average Bonchev–Trinajstić information content (AvgIpc) is 2.67. The number of carbonyl (C=O) groups excluding carboxylic acids is 1. The topological polar surface area (TPSA) is 54.4 Å². The van der Waals surface area contributed by atoms with E-state index in [4.69, 9.17) is 0 Å². The van der Waals surface area contributed by atoms with Gasteiger partial charge in [-0.3, -0.25) is 9.78 Å². The SMILES string of the molecule is CCc1cccnc1C1=NC(C)(C(C)C)C(=O)N1. The maximum absolute atomic E-state index is 12.1. The van der Waals surface area contributed by atoms with Crippen LogP contribution in [0.1, 0.15) is 39.0 Å². The molecule has 4 nitrogen and oxygen atoms in total. The number of aliphatic imine (C=N–C) groups is 1. The van der Waals surface area contributed by atoms with Crippen molar-refractivity contribution in [3.05, 3.63) is 29.6 Å². The van der Waals surface area contributed by atoms with Crippen molar-refractivity contribution in [3.63, 3.8) is 0 Å². The summed E-state index contributed by atoms with van der Waals surface area (Å²) in [6.45, 7) is 7.95. The maximum atomic E-state index is 12.1. The van der Waals surface area contributed by atoms with Gasteiger partial charge in [0.15, 0.2) is 5.84 Å². The van der Waals surface area contributed by atoms with Crippen LogP contribution < -0.4 is 5.32 Å². The molecule has 18 heavy (non-hydrogen) atoms. The molecule has 0 fully saturated rings. The van der Waals surface area contributed by atoms with E-state index in [9.17, 15) is 4.79 Å². The number of hydrogen-bond acceptors (Lipinski definition) is 3. The lowest BCUT2D eigenvalue weighted by Crippen LogP contribution is -2.41. The smallest absolute Gasteiger partial charge is 0.253 e. The summed E-state index contributed by atoms with van der Waals surface area (Å²) in [5.74, 6) is 0.720. The van der Waals surface area contributed by atoms with Gasteiger partial charge >= 0.3 is 0 Å². The first-order valence-electron chi connectivity index (χ1n) is 6.34. The van der Waals surface area contributed by atoms with Crippen LogP contribution in [-0.4, -0.2) is 22.3 Å². The molecule has 0 saturated heterocycles. The molecule has 1 aromatic rings. The van der Waals surface area contributed by atoms with Gasteiger partial charge in [-0.15, -0.1) is 0 Å². The molecule has 1 aromatic heterocycles. The maximum Gasteiger partial charge on any atom is 0.253 e. The van der Waals surface area contributed by atoms with Crippen molar-refractivity contribution >= 4 is 11.7 Å². The van der Waals surface area contributed by atoms with Crippen molar-refractivity contribution in [2.75, 3.05) is 0 Å². The Kier molecular flexibility index (Phi) is 3.20. The predicted molar refractivity (Wildman–Crippen MR) is 71.5 cm³/mol. The number of nitrogens with one attached hydrogen (secondary N) is 1. The van der Waals surface area contributed by atoms with E-state index in [2.05, 4.69) is 22.2 Å². The third-order valence-corrected chi connectivity index (χ3v) is 3.66. The van der Waals surface area contributed by atoms with Gasteiger partial charge in [0.05, 0.1) is 0 Å². The molecule has 2 rings (SSSR count). The van der Waals surface area contributed by atoms with E-state index < -0.39 is 5.54 Å². The number of nitrogens with zero attached hydrogens (tertiary/aromatic N) is 2. The van der Waals surface area contributed by atoms with Crippen LogP contribution in [0.4, 0.5) is 0 Å². The molecular weight excluding hydrogens is 226 g/mol. The first kappa shape index (κ1) is 12.7. The molecule has 4 heteroatoms. The molecule has 0 saturated carbocycles. The van der Waals surface area contributed by atoms with Crippen LogP contribution in [-0.2, 0) is 11.2 Å². The summed E-state index contributed by atoms with van der Waals surface area (Å²) in [5, 5.41) is 2.87. The Hall–Kier alpha value is -1.71. The Morgan fingerprint density at radius 2 is 2.17 bits per heavy atom. The van der Waals surface area contributed by atoms with Gasteiger partial charge in [-0.05, 0) is 30.9 Å². The molecule has 2 heterocycles. The third kappa shape index (κ3) is 1.92. The minimum absolute atomic E-state index is 0.0415. The highest BCUT2D eigenvalue weighted by Crippen LogP contribution is 2.27. The highest BCUT2D eigenvalue weighted by Gasteiger charge is 2.42. The van der Waals surface area contributed by atoms with Crippen LogP contribution in [0.2, 0.25) is 0 Å². The van der Waals surface area contributed by atoms with E-state index in [1.807, 2.05) is 32.9 Å². The Morgan fingerprint density at radius 3 is 2.72 bits per heavy atom. The second kappa shape index (κ2) is 4.52. The van der Waals surface area contributed by atoms with E-state index >= 15 is 0 Å². The summed E-state index contributed by atoms with van der Waals surface area (Å²) in [5.41, 5.74) is 1.21. The molecule has 1 unspecified atom stereocenters. The van der Waals surface area contributed by atoms with Crippen LogP contribution in [0.25, 0.3) is 0 Å². The van der Waals surface area contributed by atoms with Crippen molar-refractivity contribution in [2.24, 2.45) is 10.9 Å². The summed E-state index contributed by atoms with van der Waals surface area (Å²) in [6, 6.07) is 3.92. The Bertz CT molecular complexity index is 508. The fraction of sp³-hybridized carbons (Fsp3) is 0.500. The molecule has 1 atom stereocenters. The number of aromatic nitrogens is 1. The van der Waals surface area contributed by atoms with E-state index in [1.165, 1.54) is 0 Å². The lowest BCUT2D eigenvalue weighted by Gasteiger charge is -2.21. The zero-order chi connectivity index (χ0) is 13.3. The Balaban J connectivity index is 2.45. The molecule has 0 aliphatic carbocycles. The van der Waals surface area contributed by atoms with Crippen molar-refractivity contribution in [3.8, 4) is 0 Å². The minimum Gasteiger partial charge on any atom is -0.307 e. The zero-order valence-corrected chi connectivity index (χ0v) is 11.3. The summed E-state index contributed by atoms with van der Waals surface area (Å²) in [4.78, 5) is 21.0. The summed E-state index contributed by atoms with van der Waals surface area (Å²) >= 11 is 0. The van der Waals surface area contributed by atoms with Gasteiger partial charge in [0.25, 0.3) is 5.91 Å². The number of amidine groups is 1. The first-order chi connectivity index (χ1) is 8.49. The standard InChI is InChI=1S/C14H19N3O/c1-5-10-7-6-8-15-11(10)12-16-13(18)14(4,17-12)9(2)3/h6-9H,5H2,1-4H3,(H,16,17,18). The zero-order valence-electron chi connectivity index (χ0n) is 11.3. The summed E-state index contributed by atoms with van der Waals surface area (Å²) in [7, 11) is 0. The second-order valence-corrected chi connectivity index (χ2v) is 5.08. The van der Waals surface area contributed by atoms with E-state index in [-0.39, 0.29) is 11.8 Å². The highest BCUT2D eigenvalue weighted by molar-refractivity contribution is 6.15. The molecule has 1 amide bonds. The number of carbonyl (C=O) groups is 1. The number of aryl methyl sites for hydroxylation is 1. The monoisotopic (exact) mass is 245 g/mol. The van der Waals surface area contributed by atoms with Gasteiger partial charge in [0.1, 0.15) is 11.2 Å². The number of rotatable bonds is 3. The number of amides is 1. The summed E-state index contributed by atoms with van der Waals surface area (Å²) < 4.78 is 0. The first-order valence-corrected chi connectivity index (χ1v) is 6.34. The Labute approximate surface area is 108 Å². The molecule has 96 valence electrons. The van der Waals surface area contributed by atoms with E-state index in [0.29, 0.717) is 5.84 Å². The van der Waals surface area contributed by atoms with Crippen LogP contribution in [0.15, 0.2) is 23.3 Å². The molecule has 1 aliphatic rings. The van der Waals surface area contributed by atoms with E-state index in [0.717, 1.165) is 17.7 Å². The van der Waals surface area contributed by atoms with Gasteiger partial charge in [-0.2, -0.15) is 0 Å². The lowest BCUT2D eigenvalue weighted by atomic mass is 9.89. The van der Waals surface area contributed by atoms with Crippen LogP contribution in [0, 0.1) is 5.92 Å². The third-order valence-electron chi connectivity index (χ3n) is 3.66.